The summed E-state index contributed by atoms with van der Waals surface area (Å²) in [6.45, 7) is 3.03. The molecule has 2 heterocycles. The molecule has 3 aromatic rings. The van der Waals surface area contributed by atoms with Gasteiger partial charge in [-0.3, -0.25) is 4.90 Å². The quantitative estimate of drug-likeness (QED) is 0.798. The van der Waals surface area contributed by atoms with E-state index in [9.17, 15) is 0 Å². The lowest BCUT2D eigenvalue weighted by atomic mass is 9.97. The zero-order valence-corrected chi connectivity index (χ0v) is 12.5. The van der Waals surface area contributed by atoms with Crippen molar-refractivity contribution in [1.82, 2.24) is 14.9 Å². The standard InChI is InChI=1S/C19H19N3/c1-3-7-18-15(5-1)12-22(10-9-17-11-20-14-21-17)13-16-6-2-4-8-19(16)18/h1-8,11,14H,9-10,12-13H2,(H,20,21). The molecule has 0 saturated carbocycles. The fourth-order valence-electron chi connectivity index (χ4n) is 3.24. The van der Waals surface area contributed by atoms with Crippen LogP contribution in [0.2, 0.25) is 0 Å². The highest BCUT2D eigenvalue weighted by molar-refractivity contribution is 5.71. The number of imidazole rings is 1. The van der Waals surface area contributed by atoms with Gasteiger partial charge < -0.3 is 4.98 Å². The molecule has 0 spiro atoms. The maximum absolute atomic E-state index is 4.10. The Balaban J connectivity index is 1.64. The third-order valence-electron chi connectivity index (χ3n) is 4.37. The first kappa shape index (κ1) is 13.3. The highest BCUT2D eigenvalue weighted by Gasteiger charge is 2.18. The van der Waals surface area contributed by atoms with Crippen LogP contribution in [-0.4, -0.2) is 21.4 Å². The van der Waals surface area contributed by atoms with Gasteiger partial charge in [-0.2, -0.15) is 0 Å². The van der Waals surface area contributed by atoms with E-state index in [1.165, 1.54) is 27.9 Å². The molecule has 0 amide bonds. The number of hydrogen-bond acceptors (Lipinski definition) is 2. The van der Waals surface area contributed by atoms with Crippen molar-refractivity contribution >= 4 is 0 Å². The first-order valence-electron chi connectivity index (χ1n) is 7.76. The summed E-state index contributed by atoms with van der Waals surface area (Å²) in [4.78, 5) is 9.81. The fraction of sp³-hybridized carbons (Fsp3) is 0.211. The molecule has 0 saturated heterocycles. The predicted octanol–water partition coefficient (Wildman–Crippen LogP) is 3.64. The van der Waals surface area contributed by atoms with Crippen LogP contribution in [0.5, 0.6) is 0 Å². The summed E-state index contributed by atoms with van der Waals surface area (Å²) in [5.74, 6) is 0. The van der Waals surface area contributed by atoms with E-state index in [0.717, 1.165) is 26.1 Å². The van der Waals surface area contributed by atoms with Crippen molar-refractivity contribution in [2.24, 2.45) is 0 Å². The molecule has 2 aromatic carbocycles. The van der Waals surface area contributed by atoms with Crippen LogP contribution < -0.4 is 0 Å². The average molecular weight is 289 g/mol. The predicted molar refractivity (Wildman–Crippen MR) is 88.3 cm³/mol. The zero-order valence-electron chi connectivity index (χ0n) is 12.5. The van der Waals surface area contributed by atoms with Crippen molar-refractivity contribution in [1.29, 1.82) is 0 Å². The van der Waals surface area contributed by atoms with Crippen LogP contribution in [0.1, 0.15) is 16.8 Å². The van der Waals surface area contributed by atoms with Crippen molar-refractivity contribution in [2.75, 3.05) is 6.54 Å². The molecule has 4 rings (SSSR count). The first-order chi connectivity index (χ1) is 10.9. The second-order valence-corrected chi connectivity index (χ2v) is 5.85. The molecule has 3 nitrogen and oxygen atoms in total. The lowest BCUT2D eigenvalue weighted by molar-refractivity contribution is 0.262. The Bertz CT molecular complexity index is 714. The molecule has 0 aliphatic carbocycles. The molecule has 0 fully saturated rings. The van der Waals surface area contributed by atoms with Gasteiger partial charge in [0, 0.05) is 37.9 Å². The molecule has 1 aliphatic rings. The Morgan fingerprint density at radius 3 is 2.14 bits per heavy atom. The lowest BCUT2D eigenvalue weighted by Gasteiger charge is -2.20. The molecule has 0 unspecified atom stereocenters. The minimum Gasteiger partial charge on any atom is -0.348 e. The van der Waals surface area contributed by atoms with E-state index in [1.54, 1.807) is 6.33 Å². The summed E-state index contributed by atoms with van der Waals surface area (Å²) in [6, 6.07) is 17.5. The topological polar surface area (TPSA) is 31.9 Å². The van der Waals surface area contributed by atoms with Gasteiger partial charge in [-0.25, -0.2) is 4.98 Å². The van der Waals surface area contributed by atoms with E-state index in [-0.39, 0.29) is 0 Å². The van der Waals surface area contributed by atoms with Gasteiger partial charge in [0.05, 0.1) is 6.33 Å². The molecule has 110 valence electrons. The summed E-state index contributed by atoms with van der Waals surface area (Å²) in [5.41, 5.74) is 6.78. The van der Waals surface area contributed by atoms with Crippen LogP contribution in [0.15, 0.2) is 61.1 Å². The number of H-pyrrole nitrogens is 1. The summed E-state index contributed by atoms with van der Waals surface area (Å²) >= 11 is 0. The Kier molecular flexibility index (Phi) is 3.49. The number of aromatic amines is 1. The number of hydrogen-bond donors (Lipinski definition) is 1. The molecule has 1 N–H and O–H groups in total. The van der Waals surface area contributed by atoms with Crippen LogP contribution >= 0.6 is 0 Å². The smallest absolute Gasteiger partial charge is 0.0921 e. The van der Waals surface area contributed by atoms with E-state index >= 15 is 0 Å². The molecule has 1 aliphatic heterocycles. The summed E-state index contributed by atoms with van der Waals surface area (Å²) in [5, 5.41) is 0. The van der Waals surface area contributed by atoms with Gasteiger partial charge in [0.15, 0.2) is 0 Å². The Hall–Kier alpha value is -2.39. The van der Waals surface area contributed by atoms with Gasteiger partial charge in [0.2, 0.25) is 0 Å². The van der Waals surface area contributed by atoms with Gasteiger partial charge in [-0.1, -0.05) is 48.5 Å². The second kappa shape index (κ2) is 5.78. The lowest BCUT2D eigenvalue weighted by Crippen LogP contribution is -2.24. The minimum absolute atomic E-state index is 0.999. The van der Waals surface area contributed by atoms with Crippen LogP contribution in [0.25, 0.3) is 11.1 Å². The largest absolute Gasteiger partial charge is 0.348 e. The number of nitrogens with one attached hydrogen (secondary N) is 1. The molecular formula is C19H19N3. The highest BCUT2D eigenvalue weighted by Crippen LogP contribution is 2.32. The van der Waals surface area contributed by atoms with Gasteiger partial charge >= 0.3 is 0 Å². The molecular weight excluding hydrogens is 270 g/mol. The van der Waals surface area contributed by atoms with Gasteiger partial charge in [-0.15, -0.1) is 0 Å². The minimum atomic E-state index is 0.999. The van der Waals surface area contributed by atoms with E-state index in [1.807, 2.05) is 6.20 Å². The number of aromatic nitrogens is 2. The van der Waals surface area contributed by atoms with Gasteiger partial charge in [-0.05, 0) is 22.3 Å². The fourth-order valence-corrected chi connectivity index (χ4v) is 3.24. The maximum Gasteiger partial charge on any atom is 0.0921 e. The number of fused-ring (bicyclic) bond motifs is 3. The summed E-state index contributed by atoms with van der Waals surface area (Å²) < 4.78 is 0. The third-order valence-corrected chi connectivity index (χ3v) is 4.37. The third kappa shape index (κ3) is 2.55. The van der Waals surface area contributed by atoms with Crippen molar-refractivity contribution < 1.29 is 0 Å². The molecule has 0 atom stereocenters. The second-order valence-electron chi connectivity index (χ2n) is 5.85. The number of rotatable bonds is 3. The van der Waals surface area contributed by atoms with Gasteiger partial charge in [0.25, 0.3) is 0 Å². The van der Waals surface area contributed by atoms with Crippen molar-refractivity contribution in [3.8, 4) is 11.1 Å². The number of nitrogens with zero attached hydrogens (tertiary/aromatic N) is 2. The van der Waals surface area contributed by atoms with Crippen LogP contribution in [0.4, 0.5) is 0 Å². The Labute approximate surface area is 130 Å². The monoisotopic (exact) mass is 289 g/mol. The van der Waals surface area contributed by atoms with Crippen molar-refractivity contribution in [3.05, 3.63) is 77.9 Å². The number of benzene rings is 2. The van der Waals surface area contributed by atoms with Crippen molar-refractivity contribution in [3.63, 3.8) is 0 Å². The van der Waals surface area contributed by atoms with E-state index < -0.39 is 0 Å². The van der Waals surface area contributed by atoms with Crippen LogP contribution in [0, 0.1) is 0 Å². The molecule has 22 heavy (non-hydrogen) atoms. The molecule has 1 aromatic heterocycles. The zero-order chi connectivity index (χ0) is 14.8. The van der Waals surface area contributed by atoms with Gasteiger partial charge in [0.1, 0.15) is 0 Å². The average Bonchev–Trinajstić information content (AvgIpc) is 3.01. The molecule has 0 bridgehead atoms. The maximum atomic E-state index is 4.10. The van der Waals surface area contributed by atoms with Crippen LogP contribution in [-0.2, 0) is 19.5 Å². The SMILES string of the molecule is c1ccc2c(c1)CN(CCc1cnc[nH]1)Cc1ccccc1-2. The molecule has 0 radical (unpaired) electrons. The summed E-state index contributed by atoms with van der Waals surface area (Å²) in [6.07, 6.45) is 4.67. The first-order valence-corrected chi connectivity index (χ1v) is 7.76. The van der Waals surface area contributed by atoms with E-state index in [0.29, 0.717) is 0 Å². The highest BCUT2D eigenvalue weighted by atomic mass is 15.1. The molecule has 3 heteroatoms. The van der Waals surface area contributed by atoms with E-state index in [2.05, 4.69) is 63.4 Å². The van der Waals surface area contributed by atoms with E-state index in [4.69, 9.17) is 0 Å². The summed E-state index contributed by atoms with van der Waals surface area (Å²) in [7, 11) is 0. The normalized spacial score (nSPS) is 14.2. The van der Waals surface area contributed by atoms with Crippen LogP contribution in [0.3, 0.4) is 0 Å². The Morgan fingerprint density at radius 2 is 1.55 bits per heavy atom. The Morgan fingerprint density at radius 1 is 0.909 bits per heavy atom. The van der Waals surface area contributed by atoms with Crippen molar-refractivity contribution in [2.45, 2.75) is 19.5 Å².